The van der Waals surface area contributed by atoms with Gasteiger partial charge in [0.15, 0.2) is 0 Å². The van der Waals surface area contributed by atoms with Crippen molar-refractivity contribution in [3.63, 3.8) is 0 Å². The minimum Gasteiger partial charge on any atom is -0.392 e. The quantitative estimate of drug-likeness (QED) is 0.828. The fraction of sp³-hybridized carbons (Fsp3) is 0.200. The van der Waals surface area contributed by atoms with Gasteiger partial charge in [0.05, 0.1) is 6.61 Å². The minimum absolute atomic E-state index is 0.0164. The Morgan fingerprint density at radius 3 is 2.85 bits per heavy atom. The lowest BCUT2D eigenvalue weighted by Crippen LogP contribution is -1.87. The van der Waals surface area contributed by atoms with Crippen LogP contribution in [0.2, 0.25) is 5.02 Å². The van der Waals surface area contributed by atoms with Crippen LogP contribution in [0.15, 0.2) is 24.3 Å². The number of allylic oxidation sites excluding steroid dienone is 1. The van der Waals surface area contributed by atoms with Crippen LogP contribution in [-0.4, -0.2) is 10.4 Å². The Kier molecular flexibility index (Phi) is 4.50. The van der Waals surface area contributed by atoms with Crippen molar-refractivity contribution in [2.75, 3.05) is 5.33 Å². The Morgan fingerprint density at radius 2 is 2.23 bits per heavy atom. The van der Waals surface area contributed by atoms with Gasteiger partial charge in [0.25, 0.3) is 0 Å². The van der Waals surface area contributed by atoms with Crippen molar-refractivity contribution < 1.29 is 5.11 Å². The van der Waals surface area contributed by atoms with Gasteiger partial charge >= 0.3 is 0 Å². The molecule has 1 rings (SSSR count). The highest BCUT2D eigenvalue weighted by Crippen LogP contribution is 2.17. The molecular weight excluding hydrogens is 251 g/mol. The number of halogens is 2. The van der Waals surface area contributed by atoms with E-state index >= 15 is 0 Å². The van der Waals surface area contributed by atoms with Crippen LogP contribution in [0.25, 0.3) is 6.08 Å². The van der Waals surface area contributed by atoms with Gasteiger partial charge in [-0.05, 0) is 23.3 Å². The first-order valence-electron chi connectivity index (χ1n) is 3.89. The molecule has 0 saturated heterocycles. The molecule has 3 heteroatoms. The summed E-state index contributed by atoms with van der Waals surface area (Å²) in [5, 5.41) is 10.5. The van der Waals surface area contributed by atoms with Crippen LogP contribution in [0.5, 0.6) is 0 Å². The van der Waals surface area contributed by atoms with E-state index in [1.165, 1.54) is 0 Å². The second-order valence-corrected chi connectivity index (χ2v) is 3.64. The first-order chi connectivity index (χ1) is 6.27. The topological polar surface area (TPSA) is 20.2 Å². The summed E-state index contributed by atoms with van der Waals surface area (Å²) >= 11 is 9.08. The molecule has 0 amide bonds. The lowest BCUT2D eigenvalue weighted by atomic mass is 10.1. The number of alkyl halides is 1. The molecule has 1 aromatic carbocycles. The molecule has 0 fully saturated rings. The highest BCUT2D eigenvalue weighted by Gasteiger charge is 1.98. The summed E-state index contributed by atoms with van der Waals surface area (Å²) in [7, 11) is 0. The number of benzene rings is 1. The van der Waals surface area contributed by atoms with Crippen LogP contribution in [0.3, 0.4) is 0 Å². The Bertz CT molecular complexity index is 310. The van der Waals surface area contributed by atoms with Gasteiger partial charge in [-0.2, -0.15) is 0 Å². The first kappa shape index (κ1) is 10.8. The molecule has 0 saturated carbocycles. The Labute approximate surface area is 91.2 Å². The molecule has 0 radical (unpaired) electrons. The van der Waals surface area contributed by atoms with Crippen molar-refractivity contribution in [1.29, 1.82) is 0 Å². The predicted octanol–water partition coefficient (Wildman–Crippen LogP) is 3.24. The van der Waals surface area contributed by atoms with Gasteiger partial charge in [0, 0.05) is 10.4 Å². The van der Waals surface area contributed by atoms with E-state index in [0.717, 1.165) is 16.5 Å². The summed E-state index contributed by atoms with van der Waals surface area (Å²) < 4.78 is 0. The zero-order valence-electron chi connectivity index (χ0n) is 7.00. The molecule has 0 atom stereocenters. The summed E-state index contributed by atoms with van der Waals surface area (Å²) in [4.78, 5) is 0. The van der Waals surface area contributed by atoms with Crippen molar-refractivity contribution in [2.45, 2.75) is 6.61 Å². The zero-order chi connectivity index (χ0) is 9.68. The molecule has 0 spiro atoms. The summed E-state index contributed by atoms with van der Waals surface area (Å²) in [5.74, 6) is 0. The van der Waals surface area contributed by atoms with Crippen LogP contribution in [0, 0.1) is 0 Å². The fourth-order valence-electron chi connectivity index (χ4n) is 1.05. The second-order valence-electron chi connectivity index (χ2n) is 2.56. The first-order valence-corrected chi connectivity index (χ1v) is 5.39. The lowest BCUT2D eigenvalue weighted by Gasteiger charge is -2.02. The van der Waals surface area contributed by atoms with Crippen LogP contribution in [-0.2, 0) is 6.61 Å². The number of aliphatic hydroxyl groups excluding tert-OH is 1. The number of hydrogen-bond acceptors (Lipinski definition) is 1. The van der Waals surface area contributed by atoms with E-state index in [1.807, 2.05) is 24.3 Å². The van der Waals surface area contributed by atoms with Gasteiger partial charge in [-0.1, -0.05) is 45.7 Å². The monoisotopic (exact) mass is 260 g/mol. The van der Waals surface area contributed by atoms with Crippen LogP contribution < -0.4 is 0 Å². The second kappa shape index (κ2) is 5.43. The standard InChI is InChI=1S/C10H10BrClO/c11-5-1-2-8-3-4-10(12)6-9(8)7-13/h1-4,6,13H,5,7H2. The molecule has 0 bridgehead atoms. The molecule has 70 valence electrons. The summed E-state index contributed by atoms with van der Waals surface area (Å²) in [6.45, 7) is 0.0164. The van der Waals surface area contributed by atoms with Crippen molar-refractivity contribution in [1.82, 2.24) is 0 Å². The van der Waals surface area contributed by atoms with Gasteiger partial charge in [-0.25, -0.2) is 0 Å². The average molecular weight is 262 g/mol. The predicted molar refractivity (Wildman–Crippen MR) is 60.2 cm³/mol. The van der Waals surface area contributed by atoms with Crippen molar-refractivity contribution >= 4 is 33.6 Å². The van der Waals surface area contributed by atoms with Gasteiger partial charge in [-0.3, -0.25) is 0 Å². The Morgan fingerprint density at radius 1 is 1.46 bits per heavy atom. The van der Waals surface area contributed by atoms with Crippen molar-refractivity contribution in [3.05, 3.63) is 40.4 Å². The summed E-state index contributed by atoms with van der Waals surface area (Å²) in [6, 6.07) is 5.48. The third-order valence-corrected chi connectivity index (χ3v) is 2.27. The van der Waals surface area contributed by atoms with E-state index in [1.54, 1.807) is 6.07 Å². The van der Waals surface area contributed by atoms with Crippen molar-refractivity contribution in [3.8, 4) is 0 Å². The van der Waals surface area contributed by atoms with Gasteiger partial charge in [-0.15, -0.1) is 0 Å². The largest absolute Gasteiger partial charge is 0.392 e. The Hall–Kier alpha value is -0.310. The maximum atomic E-state index is 9.04. The molecule has 0 heterocycles. The molecule has 0 aromatic heterocycles. The van der Waals surface area contributed by atoms with E-state index < -0.39 is 0 Å². The lowest BCUT2D eigenvalue weighted by molar-refractivity contribution is 0.281. The highest BCUT2D eigenvalue weighted by molar-refractivity contribution is 9.09. The third-order valence-electron chi connectivity index (χ3n) is 1.66. The van der Waals surface area contributed by atoms with Gasteiger partial charge < -0.3 is 5.11 Å². The number of aliphatic hydroxyl groups is 1. The van der Waals surface area contributed by atoms with Crippen molar-refractivity contribution in [2.24, 2.45) is 0 Å². The molecule has 13 heavy (non-hydrogen) atoms. The minimum atomic E-state index is 0.0164. The molecule has 0 unspecified atom stereocenters. The fourth-order valence-corrected chi connectivity index (χ4v) is 1.43. The molecule has 0 aliphatic heterocycles. The third kappa shape index (κ3) is 3.14. The van der Waals surface area contributed by atoms with E-state index in [-0.39, 0.29) is 6.61 Å². The average Bonchev–Trinajstić information content (AvgIpc) is 2.16. The highest BCUT2D eigenvalue weighted by atomic mass is 79.9. The van der Waals surface area contributed by atoms with Crippen LogP contribution in [0.1, 0.15) is 11.1 Å². The van der Waals surface area contributed by atoms with Gasteiger partial charge in [0.1, 0.15) is 0 Å². The van der Waals surface area contributed by atoms with Gasteiger partial charge in [0.2, 0.25) is 0 Å². The van der Waals surface area contributed by atoms with E-state index in [2.05, 4.69) is 15.9 Å². The van der Waals surface area contributed by atoms with E-state index in [4.69, 9.17) is 16.7 Å². The molecule has 0 aliphatic rings. The normalized spacial score (nSPS) is 11.0. The summed E-state index contributed by atoms with van der Waals surface area (Å²) in [5.41, 5.74) is 1.86. The maximum absolute atomic E-state index is 9.04. The van der Waals surface area contributed by atoms with E-state index in [9.17, 15) is 0 Å². The summed E-state index contributed by atoms with van der Waals surface area (Å²) in [6.07, 6.45) is 3.93. The zero-order valence-corrected chi connectivity index (χ0v) is 9.35. The molecule has 1 N–H and O–H groups in total. The number of rotatable bonds is 3. The molecule has 1 aromatic rings. The molecule has 1 nitrogen and oxygen atoms in total. The SMILES string of the molecule is OCc1cc(Cl)ccc1C=CCBr. The molecular formula is C10H10BrClO. The Balaban J connectivity index is 2.99. The molecule has 0 aliphatic carbocycles. The smallest absolute Gasteiger partial charge is 0.0688 e. The van der Waals surface area contributed by atoms with E-state index in [0.29, 0.717) is 5.02 Å². The van der Waals surface area contributed by atoms with Crippen LogP contribution >= 0.6 is 27.5 Å². The van der Waals surface area contributed by atoms with Crippen LogP contribution in [0.4, 0.5) is 0 Å². The maximum Gasteiger partial charge on any atom is 0.0688 e. The number of hydrogen-bond donors (Lipinski definition) is 1.